The zero-order valence-electron chi connectivity index (χ0n) is 9.56. The molecule has 1 aromatic carbocycles. The molecule has 1 nitrogen and oxygen atoms in total. The Morgan fingerprint density at radius 2 is 1.88 bits per heavy atom. The summed E-state index contributed by atoms with van der Waals surface area (Å²) in [4.78, 5) is 3.60. The molecule has 16 heavy (non-hydrogen) atoms. The predicted molar refractivity (Wildman–Crippen MR) is 60.0 cm³/mol. The van der Waals surface area contributed by atoms with Crippen LogP contribution in [0.5, 0.6) is 0 Å². The van der Waals surface area contributed by atoms with Gasteiger partial charge in [0.2, 0.25) is 5.54 Å². The van der Waals surface area contributed by atoms with Crippen LogP contribution in [0.3, 0.4) is 0 Å². The number of benzene rings is 1. The van der Waals surface area contributed by atoms with Crippen molar-refractivity contribution >= 4 is 0 Å². The lowest BCUT2D eigenvalue weighted by Gasteiger charge is -2.18. The molecule has 0 heterocycles. The van der Waals surface area contributed by atoms with Crippen LogP contribution in [0.15, 0.2) is 18.2 Å². The maximum absolute atomic E-state index is 13.4. The third-order valence-electron chi connectivity index (χ3n) is 3.09. The van der Waals surface area contributed by atoms with E-state index in [2.05, 4.69) is 4.85 Å². The van der Waals surface area contributed by atoms with E-state index in [1.807, 2.05) is 13.8 Å². The molecule has 3 heteroatoms. The maximum Gasteiger partial charge on any atom is 0.236 e. The molecule has 0 atom stereocenters. The van der Waals surface area contributed by atoms with Crippen molar-refractivity contribution in [3.63, 3.8) is 0 Å². The number of hydrogen-bond acceptors (Lipinski definition) is 0. The summed E-state index contributed by atoms with van der Waals surface area (Å²) in [6.45, 7) is 11.0. The molecule has 1 aromatic rings. The average molecular weight is 223 g/mol. The third-order valence-corrected chi connectivity index (χ3v) is 3.09. The van der Waals surface area contributed by atoms with Crippen molar-refractivity contribution in [1.29, 1.82) is 0 Å². The van der Waals surface area contributed by atoms with Crippen molar-refractivity contribution < 1.29 is 8.78 Å². The minimum atomic E-state index is -0.581. The van der Waals surface area contributed by atoms with E-state index in [4.69, 9.17) is 6.57 Å². The van der Waals surface area contributed by atoms with Gasteiger partial charge < -0.3 is 4.85 Å². The Bertz CT molecular complexity index is 403. The molecule has 1 rings (SSSR count). The minimum Gasteiger partial charge on any atom is -0.310 e. The molecule has 0 N–H and O–H groups in total. The van der Waals surface area contributed by atoms with Gasteiger partial charge in [0.25, 0.3) is 0 Å². The van der Waals surface area contributed by atoms with Crippen molar-refractivity contribution in [1.82, 2.24) is 0 Å². The van der Waals surface area contributed by atoms with E-state index in [1.165, 1.54) is 12.1 Å². The summed E-state index contributed by atoms with van der Waals surface area (Å²) in [5.74, 6) is -1.14. The fourth-order valence-electron chi connectivity index (χ4n) is 1.72. The molecule has 0 amide bonds. The Balaban J connectivity index is 2.99. The molecule has 0 saturated heterocycles. The summed E-state index contributed by atoms with van der Waals surface area (Å²) in [6, 6.07) is 3.53. The highest BCUT2D eigenvalue weighted by Crippen LogP contribution is 2.27. The van der Waals surface area contributed by atoms with Crippen LogP contribution in [0.2, 0.25) is 0 Å². The van der Waals surface area contributed by atoms with Crippen LogP contribution in [0, 0.1) is 18.2 Å². The third kappa shape index (κ3) is 2.57. The summed E-state index contributed by atoms with van der Waals surface area (Å²) in [5, 5.41) is 0. The first kappa shape index (κ1) is 12.6. The molecule has 86 valence electrons. The van der Waals surface area contributed by atoms with Gasteiger partial charge in [0.1, 0.15) is 11.6 Å². The Kier molecular flexibility index (Phi) is 4.00. The second-order valence-corrected chi connectivity index (χ2v) is 3.96. The number of nitrogens with zero attached hydrogens (tertiary/aromatic N) is 1. The highest BCUT2D eigenvalue weighted by atomic mass is 19.1. The molecule has 0 saturated carbocycles. The number of hydrogen-bond donors (Lipinski definition) is 0. The second-order valence-electron chi connectivity index (χ2n) is 3.96. The van der Waals surface area contributed by atoms with Crippen molar-refractivity contribution in [3.8, 4) is 0 Å². The first-order valence-electron chi connectivity index (χ1n) is 5.39. The van der Waals surface area contributed by atoms with Crippen LogP contribution < -0.4 is 0 Å². The quantitative estimate of drug-likeness (QED) is 0.680. The topological polar surface area (TPSA) is 4.36 Å². The van der Waals surface area contributed by atoms with Crippen LogP contribution >= 0.6 is 0 Å². The standard InChI is InChI=1S/C13H15F2N/c1-4-13(5-2,16-3)9-10-6-7-11(14)8-12(10)15/h6-8H,4-5,9H2,1-2H3. The van der Waals surface area contributed by atoms with Crippen molar-refractivity contribution in [2.75, 3.05) is 0 Å². The Morgan fingerprint density at radius 1 is 1.25 bits per heavy atom. The van der Waals surface area contributed by atoms with Gasteiger partial charge in [-0.05, 0) is 11.6 Å². The Labute approximate surface area is 94.9 Å². The molecule has 0 bridgehead atoms. The number of rotatable bonds is 4. The van der Waals surface area contributed by atoms with Gasteiger partial charge >= 0.3 is 0 Å². The highest BCUT2D eigenvalue weighted by Gasteiger charge is 2.33. The molecule has 0 radical (unpaired) electrons. The van der Waals surface area contributed by atoms with Crippen LogP contribution in [0.25, 0.3) is 4.85 Å². The van der Waals surface area contributed by atoms with Crippen LogP contribution in [0.4, 0.5) is 8.78 Å². The van der Waals surface area contributed by atoms with Gasteiger partial charge in [0.15, 0.2) is 0 Å². The van der Waals surface area contributed by atoms with E-state index < -0.39 is 17.2 Å². The normalized spacial score (nSPS) is 11.2. The van der Waals surface area contributed by atoms with Gasteiger partial charge in [0.05, 0.1) is 6.42 Å². The molecule has 0 aliphatic carbocycles. The SMILES string of the molecule is [C-]#[N+]C(CC)(CC)Cc1ccc(F)cc1F. The fraction of sp³-hybridized carbons (Fsp3) is 0.462. The van der Waals surface area contributed by atoms with Crippen molar-refractivity contribution in [3.05, 3.63) is 46.8 Å². The largest absolute Gasteiger partial charge is 0.310 e. The Hall–Kier alpha value is -1.43. The van der Waals surface area contributed by atoms with Gasteiger partial charge in [-0.3, -0.25) is 0 Å². The van der Waals surface area contributed by atoms with E-state index >= 15 is 0 Å². The summed E-state index contributed by atoms with van der Waals surface area (Å²) < 4.78 is 26.2. The van der Waals surface area contributed by atoms with Crippen molar-refractivity contribution in [2.24, 2.45) is 0 Å². The van der Waals surface area contributed by atoms with Crippen molar-refractivity contribution in [2.45, 2.75) is 38.6 Å². The molecule has 0 aromatic heterocycles. The summed E-state index contributed by atoms with van der Waals surface area (Å²) in [5.41, 5.74) is -0.139. The summed E-state index contributed by atoms with van der Waals surface area (Å²) in [7, 11) is 0. The summed E-state index contributed by atoms with van der Waals surface area (Å²) >= 11 is 0. The van der Waals surface area contributed by atoms with Crippen LogP contribution in [-0.4, -0.2) is 5.54 Å². The van der Waals surface area contributed by atoms with Gasteiger partial charge in [-0.25, -0.2) is 15.4 Å². The maximum atomic E-state index is 13.4. The van der Waals surface area contributed by atoms with E-state index in [1.54, 1.807) is 0 Å². The minimum absolute atomic E-state index is 0.343. The van der Waals surface area contributed by atoms with Gasteiger partial charge in [-0.15, -0.1) is 0 Å². The first-order chi connectivity index (χ1) is 7.56. The van der Waals surface area contributed by atoms with Gasteiger partial charge in [0, 0.05) is 18.9 Å². The zero-order chi connectivity index (χ0) is 12.2. The molecule has 0 aliphatic heterocycles. The monoisotopic (exact) mass is 223 g/mol. The second kappa shape index (κ2) is 5.07. The molecular weight excluding hydrogens is 208 g/mol. The highest BCUT2D eigenvalue weighted by molar-refractivity contribution is 5.22. The van der Waals surface area contributed by atoms with E-state index in [-0.39, 0.29) is 0 Å². The fourth-order valence-corrected chi connectivity index (χ4v) is 1.72. The van der Waals surface area contributed by atoms with Gasteiger partial charge in [-0.1, -0.05) is 19.9 Å². The lowest BCUT2D eigenvalue weighted by atomic mass is 9.86. The Morgan fingerprint density at radius 3 is 2.31 bits per heavy atom. The predicted octanol–water partition coefficient (Wildman–Crippen LogP) is 3.99. The van der Waals surface area contributed by atoms with Crippen LogP contribution in [-0.2, 0) is 6.42 Å². The van der Waals surface area contributed by atoms with E-state index in [0.29, 0.717) is 24.8 Å². The van der Waals surface area contributed by atoms with Gasteiger partial charge in [-0.2, -0.15) is 0 Å². The smallest absolute Gasteiger partial charge is 0.236 e. The number of halogens is 2. The molecule has 0 spiro atoms. The van der Waals surface area contributed by atoms with E-state index in [9.17, 15) is 8.78 Å². The molecule has 0 unspecified atom stereocenters. The first-order valence-corrected chi connectivity index (χ1v) is 5.39. The summed E-state index contributed by atoms with van der Waals surface area (Å²) in [6.07, 6.45) is 1.68. The molecule has 0 fully saturated rings. The molecular formula is C13H15F2N. The van der Waals surface area contributed by atoms with Crippen LogP contribution in [0.1, 0.15) is 32.3 Å². The zero-order valence-corrected chi connectivity index (χ0v) is 9.56. The lowest BCUT2D eigenvalue weighted by molar-refractivity contribution is 0.453. The average Bonchev–Trinajstić information content (AvgIpc) is 2.29. The molecule has 0 aliphatic rings. The van der Waals surface area contributed by atoms with E-state index in [0.717, 1.165) is 6.07 Å². The lowest BCUT2D eigenvalue weighted by Crippen LogP contribution is -2.26.